The Hall–Kier alpha value is -0.790. The van der Waals surface area contributed by atoms with E-state index in [1.165, 1.54) is 31.4 Å². The van der Waals surface area contributed by atoms with Crippen LogP contribution in [-0.4, -0.2) is 9.97 Å². The van der Waals surface area contributed by atoms with E-state index in [4.69, 9.17) is 0 Å². The minimum atomic E-state index is 1.06. The van der Waals surface area contributed by atoms with Crippen LogP contribution >= 0.6 is 0 Å². The fourth-order valence-corrected chi connectivity index (χ4v) is 1.43. The van der Waals surface area contributed by atoms with E-state index < -0.39 is 0 Å². The third-order valence-electron chi connectivity index (χ3n) is 2.33. The molecule has 0 atom stereocenters. The van der Waals surface area contributed by atoms with Gasteiger partial charge in [0.2, 0.25) is 0 Å². The van der Waals surface area contributed by atoms with Crippen LogP contribution in [0.15, 0.2) is 6.20 Å². The molecule has 1 heterocycles. The van der Waals surface area contributed by atoms with Gasteiger partial charge in [0, 0.05) is 18.3 Å². The molecule has 0 bridgehead atoms. The smallest absolute Gasteiger partial charge is 0.106 e. The molecule has 1 N–H and O–H groups in total. The molecule has 2 nitrogen and oxygen atoms in total. The fraction of sp³-hybridized carbons (Fsp3) is 0.727. The molecule has 2 heteroatoms. The van der Waals surface area contributed by atoms with Crippen LogP contribution in [0.2, 0.25) is 0 Å². The number of imidazole rings is 1. The highest BCUT2D eigenvalue weighted by Crippen LogP contribution is 2.05. The lowest BCUT2D eigenvalue weighted by atomic mass is 10.1. The molecular formula is C11H20N2. The monoisotopic (exact) mass is 180 g/mol. The summed E-state index contributed by atoms with van der Waals surface area (Å²) in [7, 11) is 0. The number of rotatable bonds is 6. The highest BCUT2D eigenvalue weighted by Gasteiger charge is 1.97. The van der Waals surface area contributed by atoms with Crippen molar-refractivity contribution in [1.29, 1.82) is 0 Å². The summed E-state index contributed by atoms with van der Waals surface area (Å²) < 4.78 is 0. The van der Waals surface area contributed by atoms with Crippen molar-refractivity contribution in [2.75, 3.05) is 0 Å². The number of hydrogen-bond donors (Lipinski definition) is 1. The second-order valence-corrected chi connectivity index (χ2v) is 3.52. The Kier molecular flexibility index (Phi) is 4.58. The molecule has 0 aliphatic carbocycles. The summed E-state index contributed by atoms with van der Waals surface area (Å²) in [6.45, 7) is 4.39. The summed E-state index contributed by atoms with van der Waals surface area (Å²) in [5.41, 5.74) is 1.26. The molecule has 0 saturated carbocycles. The maximum Gasteiger partial charge on any atom is 0.106 e. The lowest BCUT2D eigenvalue weighted by Gasteiger charge is -1.96. The van der Waals surface area contributed by atoms with Gasteiger partial charge >= 0.3 is 0 Å². The minimum Gasteiger partial charge on any atom is -0.346 e. The maximum atomic E-state index is 4.33. The van der Waals surface area contributed by atoms with Gasteiger partial charge < -0.3 is 4.98 Å². The zero-order valence-corrected chi connectivity index (χ0v) is 8.77. The Balaban J connectivity index is 2.20. The highest BCUT2D eigenvalue weighted by atomic mass is 14.9. The summed E-state index contributed by atoms with van der Waals surface area (Å²) in [6.07, 6.45) is 9.37. The van der Waals surface area contributed by atoms with Crippen molar-refractivity contribution in [1.82, 2.24) is 9.97 Å². The molecule has 0 fully saturated rings. The first-order chi connectivity index (χ1) is 6.36. The van der Waals surface area contributed by atoms with E-state index in [1.807, 2.05) is 6.20 Å². The predicted molar refractivity (Wildman–Crippen MR) is 55.8 cm³/mol. The third kappa shape index (κ3) is 3.62. The van der Waals surface area contributed by atoms with Crippen molar-refractivity contribution < 1.29 is 0 Å². The molecule has 0 radical (unpaired) electrons. The van der Waals surface area contributed by atoms with Gasteiger partial charge in [-0.1, -0.05) is 33.1 Å². The van der Waals surface area contributed by atoms with Gasteiger partial charge in [-0.15, -0.1) is 0 Å². The number of nitrogens with zero attached hydrogens (tertiary/aromatic N) is 1. The molecular weight excluding hydrogens is 160 g/mol. The largest absolute Gasteiger partial charge is 0.346 e. The summed E-state index contributed by atoms with van der Waals surface area (Å²) >= 11 is 0. The molecule has 1 aromatic rings. The number of H-pyrrole nitrogens is 1. The SMILES string of the molecule is CCCCCCc1ncc(CC)[nH]1. The van der Waals surface area contributed by atoms with Crippen LogP contribution in [-0.2, 0) is 12.8 Å². The summed E-state index contributed by atoms with van der Waals surface area (Å²) in [6, 6.07) is 0. The molecule has 74 valence electrons. The highest BCUT2D eigenvalue weighted by molar-refractivity contribution is 5.00. The molecule has 1 rings (SSSR count). The quantitative estimate of drug-likeness (QED) is 0.669. The van der Waals surface area contributed by atoms with Crippen molar-refractivity contribution in [3.05, 3.63) is 17.7 Å². The molecule has 13 heavy (non-hydrogen) atoms. The van der Waals surface area contributed by atoms with E-state index in [0.29, 0.717) is 0 Å². The van der Waals surface area contributed by atoms with Gasteiger partial charge in [-0.25, -0.2) is 4.98 Å². The second kappa shape index (κ2) is 5.79. The Morgan fingerprint density at radius 2 is 2.08 bits per heavy atom. The Labute approximate surface area is 80.8 Å². The van der Waals surface area contributed by atoms with Crippen LogP contribution in [0.3, 0.4) is 0 Å². The minimum absolute atomic E-state index is 1.06. The van der Waals surface area contributed by atoms with E-state index in [2.05, 4.69) is 23.8 Å². The van der Waals surface area contributed by atoms with E-state index in [0.717, 1.165) is 18.7 Å². The summed E-state index contributed by atoms with van der Waals surface area (Å²) in [4.78, 5) is 7.66. The molecule has 1 aromatic heterocycles. The van der Waals surface area contributed by atoms with Crippen LogP contribution in [0, 0.1) is 0 Å². The summed E-state index contributed by atoms with van der Waals surface area (Å²) in [5.74, 6) is 1.16. The molecule has 0 spiro atoms. The number of aromatic amines is 1. The number of unbranched alkanes of at least 4 members (excludes halogenated alkanes) is 3. The van der Waals surface area contributed by atoms with E-state index in [-0.39, 0.29) is 0 Å². The van der Waals surface area contributed by atoms with Gasteiger partial charge in [-0.05, 0) is 12.8 Å². The molecule has 0 unspecified atom stereocenters. The number of aromatic nitrogens is 2. The molecule has 0 aliphatic heterocycles. The van der Waals surface area contributed by atoms with E-state index >= 15 is 0 Å². The predicted octanol–water partition coefficient (Wildman–Crippen LogP) is 3.09. The molecule has 0 aliphatic rings. The van der Waals surface area contributed by atoms with Crippen LogP contribution in [0.1, 0.15) is 51.0 Å². The topological polar surface area (TPSA) is 28.7 Å². The number of aryl methyl sites for hydroxylation is 2. The Bertz CT molecular complexity index is 228. The first-order valence-electron chi connectivity index (χ1n) is 5.39. The molecule has 0 amide bonds. The zero-order valence-electron chi connectivity index (χ0n) is 8.77. The lowest BCUT2D eigenvalue weighted by molar-refractivity contribution is 0.655. The Morgan fingerprint density at radius 1 is 1.23 bits per heavy atom. The van der Waals surface area contributed by atoms with Crippen molar-refractivity contribution in [2.45, 2.75) is 52.4 Å². The number of nitrogens with one attached hydrogen (secondary N) is 1. The van der Waals surface area contributed by atoms with Crippen LogP contribution in [0.25, 0.3) is 0 Å². The van der Waals surface area contributed by atoms with Crippen LogP contribution in [0.5, 0.6) is 0 Å². The second-order valence-electron chi connectivity index (χ2n) is 3.52. The van der Waals surface area contributed by atoms with Gasteiger partial charge in [0.05, 0.1) is 0 Å². The first-order valence-corrected chi connectivity index (χ1v) is 5.39. The third-order valence-corrected chi connectivity index (χ3v) is 2.33. The van der Waals surface area contributed by atoms with Crippen molar-refractivity contribution in [3.63, 3.8) is 0 Å². The standard InChI is InChI=1S/C11H20N2/c1-3-5-6-7-8-11-12-9-10(4-2)13-11/h9H,3-8H2,1-2H3,(H,12,13). The van der Waals surface area contributed by atoms with Crippen LogP contribution < -0.4 is 0 Å². The van der Waals surface area contributed by atoms with Crippen molar-refractivity contribution >= 4 is 0 Å². The average Bonchev–Trinajstić information content (AvgIpc) is 2.60. The Morgan fingerprint density at radius 3 is 2.69 bits per heavy atom. The zero-order chi connectivity index (χ0) is 9.52. The van der Waals surface area contributed by atoms with Gasteiger partial charge in [0.25, 0.3) is 0 Å². The molecule has 0 aromatic carbocycles. The average molecular weight is 180 g/mol. The normalized spacial score (nSPS) is 10.6. The lowest BCUT2D eigenvalue weighted by Crippen LogP contribution is -1.89. The number of hydrogen-bond acceptors (Lipinski definition) is 1. The van der Waals surface area contributed by atoms with Gasteiger partial charge in [0.1, 0.15) is 5.82 Å². The van der Waals surface area contributed by atoms with Gasteiger partial charge in [0.15, 0.2) is 0 Å². The van der Waals surface area contributed by atoms with Gasteiger partial charge in [-0.3, -0.25) is 0 Å². The van der Waals surface area contributed by atoms with Crippen molar-refractivity contribution in [3.8, 4) is 0 Å². The fourth-order valence-electron chi connectivity index (χ4n) is 1.43. The van der Waals surface area contributed by atoms with Gasteiger partial charge in [-0.2, -0.15) is 0 Å². The molecule has 0 saturated heterocycles. The van der Waals surface area contributed by atoms with E-state index in [1.54, 1.807) is 0 Å². The van der Waals surface area contributed by atoms with Crippen LogP contribution in [0.4, 0.5) is 0 Å². The first kappa shape index (κ1) is 10.3. The maximum absolute atomic E-state index is 4.33. The summed E-state index contributed by atoms with van der Waals surface area (Å²) in [5, 5.41) is 0. The van der Waals surface area contributed by atoms with Crippen molar-refractivity contribution in [2.24, 2.45) is 0 Å². The van der Waals surface area contributed by atoms with E-state index in [9.17, 15) is 0 Å².